The normalized spacial score (nSPS) is 33.9. The van der Waals surface area contributed by atoms with Crippen molar-refractivity contribution < 1.29 is 9.90 Å². The Morgan fingerprint density at radius 1 is 1.24 bits per heavy atom. The van der Waals surface area contributed by atoms with Crippen molar-refractivity contribution >= 4 is 27.3 Å². The van der Waals surface area contributed by atoms with Crippen LogP contribution in [0.25, 0.3) is 5.57 Å². The number of ketones is 1. The average molecular weight is 347 g/mol. The first-order valence-electron chi connectivity index (χ1n) is 7.88. The van der Waals surface area contributed by atoms with Crippen molar-refractivity contribution in [3.05, 3.63) is 39.6 Å². The van der Waals surface area contributed by atoms with Crippen molar-refractivity contribution in [3.8, 4) is 0 Å². The van der Waals surface area contributed by atoms with Gasteiger partial charge in [-0.15, -0.1) is 0 Å². The molecule has 0 saturated heterocycles. The molecule has 2 nitrogen and oxygen atoms in total. The molecule has 0 spiro atoms. The number of fused-ring (bicyclic) bond motifs is 5. The Bertz CT molecular complexity index is 661. The van der Waals surface area contributed by atoms with Crippen LogP contribution in [0.5, 0.6) is 0 Å². The molecule has 1 N–H and O–H groups in total. The second-order valence-electron chi connectivity index (χ2n) is 6.66. The van der Waals surface area contributed by atoms with Gasteiger partial charge in [0.25, 0.3) is 0 Å². The molecular formula is C18H19BrO2. The summed E-state index contributed by atoms with van der Waals surface area (Å²) in [4.78, 5) is 12.9. The molecule has 0 aliphatic heterocycles. The largest absolute Gasteiger partial charge is 0.511 e. The molecule has 0 amide bonds. The SMILES string of the molecule is CCc1ccc(Br)cc1C1=C(O)[C@@H]2C3CCC(C3)[C@@H]2C1=O. The van der Waals surface area contributed by atoms with E-state index >= 15 is 0 Å². The minimum Gasteiger partial charge on any atom is -0.511 e. The van der Waals surface area contributed by atoms with Gasteiger partial charge in [0.1, 0.15) is 5.76 Å². The molecule has 3 aliphatic rings. The van der Waals surface area contributed by atoms with E-state index in [0.717, 1.165) is 34.9 Å². The molecule has 3 aliphatic carbocycles. The smallest absolute Gasteiger partial charge is 0.170 e. The number of rotatable bonds is 2. The predicted molar refractivity (Wildman–Crippen MR) is 85.9 cm³/mol. The van der Waals surface area contributed by atoms with E-state index in [1.54, 1.807) is 0 Å². The zero-order chi connectivity index (χ0) is 14.7. The lowest BCUT2D eigenvalue weighted by Crippen LogP contribution is -2.24. The molecule has 2 bridgehead atoms. The third kappa shape index (κ3) is 1.79. The third-order valence-electron chi connectivity index (χ3n) is 5.76. The van der Waals surface area contributed by atoms with Gasteiger partial charge in [0.05, 0.1) is 5.57 Å². The first-order chi connectivity index (χ1) is 10.1. The fourth-order valence-electron chi connectivity index (χ4n) is 4.88. The Morgan fingerprint density at radius 2 is 1.95 bits per heavy atom. The molecule has 1 aromatic carbocycles. The van der Waals surface area contributed by atoms with E-state index in [1.807, 2.05) is 12.1 Å². The van der Waals surface area contributed by atoms with Gasteiger partial charge in [-0.1, -0.05) is 28.9 Å². The molecular weight excluding hydrogens is 328 g/mol. The standard InChI is InChI=1S/C18H19BrO2/c1-2-9-5-6-12(19)8-13(9)16-17(20)14-10-3-4-11(7-10)15(14)18(16)21/h5-6,8,10-11,14-15,20H,2-4,7H2,1H3/t10?,11?,14-,15+/m1/s1. The molecule has 0 aromatic heterocycles. The number of carbonyl (C=O) groups is 1. The van der Waals surface area contributed by atoms with Crippen LogP contribution >= 0.6 is 15.9 Å². The molecule has 2 unspecified atom stereocenters. The monoisotopic (exact) mass is 346 g/mol. The van der Waals surface area contributed by atoms with Crippen LogP contribution in [0.15, 0.2) is 28.4 Å². The summed E-state index contributed by atoms with van der Waals surface area (Å²) >= 11 is 3.49. The van der Waals surface area contributed by atoms with Gasteiger partial charge in [-0.2, -0.15) is 0 Å². The summed E-state index contributed by atoms with van der Waals surface area (Å²) in [5, 5.41) is 10.8. The third-order valence-corrected chi connectivity index (χ3v) is 6.25. The average Bonchev–Trinajstić information content (AvgIpc) is 3.13. The van der Waals surface area contributed by atoms with Crippen LogP contribution < -0.4 is 0 Å². The Kier molecular flexibility index (Phi) is 3.04. The number of hydrogen-bond donors (Lipinski definition) is 1. The van der Waals surface area contributed by atoms with Crippen molar-refractivity contribution in [3.63, 3.8) is 0 Å². The maximum absolute atomic E-state index is 12.9. The molecule has 2 fully saturated rings. The minimum absolute atomic E-state index is 0.0578. The summed E-state index contributed by atoms with van der Waals surface area (Å²) in [6.45, 7) is 2.09. The number of carbonyl (C=O) groups excluding carboxylic acids is 1. The highest BCUT2D eigenvalue weighted by Crippen LogP contribution is 2.60. The summed E-state index contributed by atoms with van der Waals surface area (Å²) in [6.07, 6.45) is 4.35. The summed E-state index contributed by atoms with van der Waals surface area (Å²) in [7, 11) is 0. The van der Waals surface area contributed by atoms with Gasteiger partial charge in [-0.25, -0.2) is 0 Å². The van der Waals surface area contributed by atoms with Gasteiger partial charge in [0.15, 0.2) is 5.78 Å². The fourth-order valence-corrected chi connectivity index (χ4v) is 5.24. The highest BCUT2D eigenvalue weighted by Gasteiger charge is 2.57. The zero-order valence-corrected chi connectivity index (χ0v) is 13.7. The second kappa shape index (κ2) is 4.70. The molecule has 2 saturated carbocycles. The van der Waals surface area contributed by atoms with Gasteiger partial charge >= 0.3 is 0 Å². The quantitative estimate of drug-likeness (QED) is 0.854. The topological polar surface area (TPSA) is 37.3 Å². The molecule has 21 heavy (non-hydrogen) atoms. The van der Waals surface area contributed by atoms with Gasteiger partial charge in [0, 0.05) is 16.3 Å². The van der Waals surface area contributed by atoms with Crippen LogP contribution in [0.4, 0.5) is 0 Å². The summed E-state index contributed by atoms with van der Waals surface area (Å²) in [5.41, 5.74) is 2.68. The van der Waals surface area contributed by atoms with Gasteiger partial charge in [-0.05, 0) is 60.8 Å². The van der Waals surface area contributed by atoms with E-state index in [1.165, 1.54) is 6.42 Å². The predicted octanol–water partition coefficient (Wildman–Crippen LogP) is 4.53. The zero-order valence-electron chi connectivity index (χ0n) is 12.1. The highest BCUT2D eigenvalue weighted by atomic mass is 79.9. The summed E-state index contributed by atoms with van der Waals surface area (Å²) in [5.74, 6) is 1.77. The van der Waals surface area contributed by atoms with Crippen LogP contribution in [0.1, 0.15) is 37.3 Å². The number of Topliss-reactive ketones (excluding diaryl/α,β-unsaturated/α-hetero) is 1. The first-order valence-corrected chi connectivity index (χ1v) is 8.67. The van der Waals surface area contributed by atoms with Crippen molar-refractivity contribution in [2.45, 2.75) is 32.6 Å². The Balaban J connectivity index is 1.85. The van der Waals surface area contributed by atoms with Crippen LogP contribution in [0.2, 0.25) is 0 Å². The summed E-state index contributed by atoms with van der Waals surface area (Å²) < 4.78 is 0.961. The minimum atomic E-state index is 0.0578. The molecule has 0 radical (unpaired) electrons. The number of aliphatic hydroxyl groups is 1. The fraction of sp³-hybridized carbons (Fsp3) is 0.500. The lowest BCUT2D eigenvalue weighted by Gasteiger charge is -2.23. The van der Waals surface area contributed by atoms with Gasteiger partial charge < -0.3 is 5.11 Å². The van der Waals surface area contributed by atoms with Crippen molar-refractivity contribution in [2.75, 3.05) is 0 Å². The van der Waals surface area contributed by atoms with E-state index < -0.39 is 0 Å². The van der Waals surface area contributed by atoms with Crippen LogP contribution in [0, 0.1) is 23.7 Å². The Morgan fingerprint density at radius 3 is 2.62 bits per heavy atom. The Hall–Kier alpha value is -1.09. The lowest BCUT2D eigenvalue weighted by molar-refractivity contribution is -0.118. The molecule has 0 heterocycles. The van der Waals surface area contributed by atoms with Crippen molar-refractivity contribution in [2.24, 2.45) is 23.7 Å². The maximum Gasteiger partial charge on any atom is 0.170 e. The molecule has 110 valence electrons. The maximum atomic E-state index is 12.9. The highest BCUT2D eigenvalue weighted by molar-refractivity contribution is 9.10. The van der Waals surface area contributed by atoms with Crippen molar-refractivity contribution in [1.82, 2.24) is 0 Å². The molecule has 4 rings (SSSR count). The van der Waals surface area contributed by atoms with Crippen molar-refractivity contribution in [1.29, 1.82) is 0 Å². The number of hydrogen-bond acceptors (Lipinski definition) is 2. The number of aliphatic hydroxyl groups excluding tert-OH is 1. The van der Waals surface area contributed by atoms with E-state index in [9.17, 15) is 9.90 Å². The van der Waals surface area contributed by atoms with E-state index in [-0.39, 0.29) is 17.6 Å². The number of benzene rings is 1. The molecule has 4 atom stereocenters. The van der Waals surface area contributed by atoms with Gasteiger partial charge in [0.2, 0.25) is 0 Å². The molecule has 3 heteroatoms. The Labute approximate surface area is 133 Å². The van der Waals surface area contributed by atoms with E-state index in [2.05, 4.69) is 28.9 Å². The van der Waals surface area contributed by atoms with E-state index in [0.29, 0.717) is 23.2 Å². The number of halogens is 1. The van der Waals surface area contributed by atoms with Crippen LogP contribution in [-0.2, 0) is 11.2 Å². The number of aryl methyl sites for hydroxylation is 1. The van der Waals surface area contributed by atoms with Gasteiger partial charge in [-0.3, -0.25) is 4.79 Å². The van der Waals surface area contributed by atoms with E-state index in [4.69, 9.17) is 0 Å². The first kappa shape index (κ1) is 13.6. The molecule has 1 aromatic rings. The second-order valence-corrected chi connectivity index (χ2v) is 7.58. The lowest BCUT2D eigenvalue weighted by atomic mass is 9.80. The number of allylic oxidation sites excluding steroid dienone is 2. The summed E-state index contributed by atoms with van der Waals surface area (Å²) in [6, 6.07) is 6.05. The van der Waals surface area contributed by atoms with Crippen LogP contribution in [-0.4, -0.2) is 10.9 Å². The van der Waals surface area contributed by atoms with Crippen LogP contribution in [0.3, 0.4) is 0 Å².